The first-order chi connectivity index (χ1) is 4.57. The zero-order valence-corrected chi connectivity index (χ0v) is 6.59. The van der Waals surface area contributed by atoms with Gasteiger partial charge < -0.3 is 5.11 Å². The van der Waals surface area contributed by atoms with Crippen LogP contribution in [0.3, 0.4) is 0 Å². The lowest BCUT2D eigenvalue weighted by Gasteiger charge is -2.04. The van der Waals surface area contributed by atoms with Gasteiger partial charge in [0.2, 0.25) is 0 Å². The van der Waals surface area contributed by atoms with E-state index in [1.165, 1.54) is 0 Å². The van der Waals surface area contributed by atoms with Crippen LogP contribution >= 0.6 is 0 Å². The van der Waals surface area contributed by atoms with Gasteiger partial charge in [-0.05, 0) is 17.6 Å². The second-order valence-corrected chi connectivity index (χ2v) is 2.49. The first-order valence-corrected chi connectivity index (χ1v) is 3.29. The van der Waals surface area contributed by atoms with Gasteiger partial charge in [-0.25, -0.2) is 0 Å². The molecule has 0 aromatic heterocycles. The maximum absolute atomic E-state index is 8.78. The van der Waals surface area contributed by atoms with Crippen LogP contribution in [0.15, 0.2) is 36.6 Å². The van der Waals surface area contributed by atoms with Crippen LogP contribution in [0.5, 0.6) is 0 Å². The molecule has 0 rings (SSSR count). The predicted molar refractivity (Wildman–Crippen MR) is 44.9 cm³/mol. The van der Waals surface area contributed by atoms with Crippen LogP contribution in [-0.2, 0) is 0 Å². The molecule has 0 saturated carbocycles. The van der Waals surface area contributed by atoms with E-state index in [-0.39, 0.29) is 5.76 Å². The van der Waals surface area contributed by atoms with Crippen molar-refractivity contribution < 1.29 is 5.11 Å². The van der Waals surface area contributed by atoms with Crippen molar-refractivity contribution in [3.63, 3.8) is 0 Å². The van der Waals surface area contributed by atoms with Crippen molar-refractivity contribution in [2.75, 3.05) is 0 Å². The number of aliphatic hydroxyl groups is 1. The van der Waals surface area contributed by atoms with E-state index < -0.39 is 0 Å². The summed E-state index contributed by atoms with van der Waals surface area (Å²) in [6.45, 7) is 11.0. The SMILES string of the molecule is C=C/C(=C\C(=C)O)C(C)C. The minimum Gasteiger partial charge on any atom is -0.509 e. The molecule has 1 heteroatoms. The van der Waals surface area contributed by atoms with E-state index in [0.717, 1.165) is 5.57 Å². The molecule has 0 aliphatic carbocycles. The largest absolute Gasteiger partial charge is 0.509 e. The van der Waals surface area contributed by atoms with Crippen molar-refractivity contribution >= 4 is 0 Å². The topological polar surface area (TPSA) is 20.2 Å². The molecule has 0 spiro atoms. The highest BCUT2D eigenvalue weighted by atomic mass is 16.3. The Bertz CT molecular complexity index is 164. The summed E-state index contributed by atoms with van der Waals surface area (Å²) >= 11 is 0. The van der Waals surface area contributed by atoms with Gasteiger partial charge in [-0.2, -0.15) is 0 Å². The summed E-state index contributed by atoms with van der Waals surface area (Å²) in [5, 5.41) is 8.78. The standard InChI is InChI=1S/C9H14O/c1-5-9(7(2)3)6-8(4)10/h5-7,10H,1,4H2,2-3H3/b9-6+. The van der Waals surface area contributed by atoms with E-state index in [1.807, 2.05) is 13.8 Å². The molecule has 0 aliphatic heterocycles. The molecular weight excluding hydrogens is 124 g/mol. The smallest absolute Gasteiger partial charge is 0.108 e. The molecule has 10 heavy (non-hydrogen) atoms. The number of allylic oxidation sites excluding steroid dienone is 3. The molecular formula is C9H14O. The van der Waals surface area contributed by atoms with E-state index in [2.05, 4.69) is 13.2 Å². The summed E-state index contributed by atoms with van der Waals surface area (Å²) < 4.78 is 0. The summed E-state index contributed by atoms with van der Waals surface area (Å²) in [5.74, 6) is 0.477. The molecule has 0 aromatic carbocycles. The normalized spacial score (nSPS) is 11.7. The van der Waals surface area contributed by atoms with E-state index >= 15 is 0 Å². The van der Waals surface area contributed by atoms with Gasteiger partial charge in [0.25, 0.3) is 0 Å². The lowest BCUT2D eigenvalue weighted by molar-refractivity contribution is 0.434. The maximum atomic E-state index is 8.78. The van der Waals surface area contributed by atoms with E-state index in [1.54, 1.807) is 12.2 Å². The van der Waals surface area contributed by atoms with Crippen LogP contribution in [0.4, 0.5) is 0 Å². The second kappa shape index (κ2) is 3.94. The molecule has 0 saturated heterocycles. The third-order valence-corrected chi connectivity index (χ3v) is 1.24. The van der Waals surface area contributed by atoms with Gasteiger partial charge in [0.05, 0.1) is 0 Å². The Morgan fingerprint density at radius 3 is 2.10 bits per heavy atom. The fourth-order valence-corrected chi connectivity index (χ4v) is 0.654. The van der Waals surface area contributed by atoms with Crippen LogP contribution in [0.25, 0.3) is 0 Å². The van der Waals surface area contributed by atoms with Crippen molar-refractivity contribution in [1.29, 1.82) is 0 Å². The van der Waals surface area contributed by atoms with E-state index in [9.17, 15) is 0 Å². The van der Waals surface area contributed by atoms with E-state index in [4.69, 9.17) is 5.11 Å². The maximum Gasteiger partial charge on any atom is 0.108 e. The minimum atomic E-state index is 0.0867. The quantitative estimate of drug-likeness (QED) is 0.469. The third kappa shape index (κ3) is 3.13. The van der Waals surface area contributed by atoms with Crippen LogP contribution in [0, 0.1) is 5.92 Å². The van der Waals surface area contributed by atoms with Gasteiger partial charge in [0.15, 0.2) is 0 Å². The monoisotopic (exact) mass is 138 g/mol. The molecule has 0 aliphatic rings. The summed E-state index contributed by atoms with van der Waals surface area (Å²) in [7, 11) is 0. The fourth-order valence-electron chi connectivity index (χ4n) is 0.654. The zero-order chi connectivity index (χ0) is 8.15. The first kappa shape index (κ1) is 9.02. The fraction of sp³-hybridized carbons (Fsp3) is 0.333. The molecule has 1 nitrogen and oxygen atoms in total. The van der Waals surface area contributed by atoms with Crippen LogP contribution in [0.1, 0.15) is 13.8 Å². The Labute approximate surface area is 62.4 Å². The minimum absolute atomic E-state index is 0.0867. The first-order valence-electron chi connectivity index (χ1n) is 3.29. The Morgan fingerprint density at radius 2 is 2.00 bits per heavy atom. The zero-order valence-electron chi connectivity index (χ0n) is 6.59. The van der Waals surface area contributed by atoms with Gasteiger partial charge in [0.1, 0.15) is 5.76 Å². The average molecular weight is 138 g/mol. The van der Waals surface area contributed by atoms with Crippen LogP contribution < -0.4 is 0 Å². The number of aliphatic hydroxyl groups excluding tert-OH is 1. The molecule has 0 aromatic rings. The molecule has 1 N–H and O–H groups in total. The van der Waals surface area contributed by atoms with Gasteiger partial charge in [-0.3, -0.25) is 0 Å². The lowest BCUT2D eigenvalue weighted by Crippen LogP contribution is -1.90. The molecule has 0 atom stereocenters. The van der Waals surface area contributed by atoms with Crippen molar-refractivity contribution in [2.45, 2.75) is 13.8 Å². The Balaban J connectivity index is 4.33. The molecule has 0 bridgehead atoms. The van der Waals surface area contributed by atoms with Gasteiger partial charge >= 0.3 is 0 Å². The lowest BCUT2D eigenvalue weighted by atomic mass is 10.0. The van der Waals surface area contributed by atoms with Crippen LogP contribution in [-0.4, -0.2) is 5.11 Å². The molecule has 0 fully saturated rings. The van der Waals surface area contributed by atoms with Gasteiger partial charge in [-0.15, -0.1) is 0 Å². The molecule has 0 amide bonds. The average Bonchev–Trinajstić information content (AvgIpc) is 1.81. The van der Waals surface area contributed by atoms with Crippen molar-refractivity contribution in [3.8, 4) is 0 Å². The van der Waals surface area contributed by atoms with Crippen LogP contribution in [0.2, 0.25) is 0 Å². The van der Waals surface area contributed by atoms with Gasteiger partial charge in [-0.1, -0.05) is 33.1 Å². The Hall–Kier alpha value is -0.980. The number of hydrogen-bond acceptors (Lipinski definition) is 1. The van der Waals surface area contributed by atoms with Crippen molar-refractivity contribution in [2.24, 2.45) is 5.92 Å². The summed E-state index contributed by atoms with van der Waals surface area (Å²) in [4.78, 5) is 0. The highest BCUT2D eigenvalue weighted by Crippen LogP contribution is 2.11. The summed E-state index contributed by atoms with van der Waals surface area (Å²) in [6, 6.07) is 0. The van der Waals surface area contributed by atoms with Gasteiger partial charge in [0, 0.05) is 0 Å². The molecule has 0 radical (unpaired) electrons. The van der Waals surface area contributed by atoms with E-state index in [0.29, 0.717) is 5.92 Å². The summed E-state index contributed by atoms with van der Waals surface area (Å²) in [6.07, 6.45) is 3.35. The second-order valence-electron chi connectivity index (χ2n) is 2.49. The molecule has 56 valence electrons. The summed E-state index contributed by atoms with van der Waals surface area (Å²) in [5.41, 5.74) is 1.01. The molecule has 0 unspecified atom stereocenters. The number of hydrogen-bond donors (Lipinski definition) is 1. The Kier molecular flexibility index (Phi) is 3.55. The van der Waals surface area contributed by atoms with Crippen molar-refractivity contribution in [1.82, 2.24) is 0 Å². The highest BCUT2D eigenvalue weighted by Gasteiger charge is 1.97. The highest BCUT2D eigenvalue weighted by molar-refractivity contribution is 5.25. The van der Waals surface area contributed by atoms with Crippen molar-refractivity contribution in [3.05, 3.63) is 36.6 Å². The number of rotatable bonds is 3. The Morgan fingerprint density at radius 1 is 1.50 bits per heavy atom. The predicted octanol–water partition coefficient (Wildman–Crippen LogP) is 2.83. The third-order valence-electron chi connectivity index (χ3n) is 1.24. The molecule has 0 heterocycles.